The van der Waals surface area contributed by atoms with Crippen molar-refractivity contribution < 1.29 is 19.0 Å². The first-order chi connectivity index (χ1) is 9.02. The summed E-state index contributed by atoms with van der Waals surface area (Å²) in [6, 6.07) is 8.41. The zero-order valence-electron chi connectivity index (χ0n) is 9.98. The van der Waals surface area contributed by atoms with E-state index < -0.39 is 11.8 Å². The lowest BCUT2D eigenvalue weighted by Crippen LogP contribution is -2.01. The fourth-order valence-corrected chi connectivity index (χ4v) is 1.99. The van der Waals surface area contributed by atoms with Crippen LogP contribution in [0, 0.1) is 5.82 Å². The Hall–Kier alpha value is -2.07. The molecule has 0 aliphatic rings. The van der Waals surface area contributed by atoms with E-state index in [4.69, 9.17) is 21.4 Å². The van der Waals surface area contributed by atoms with Gasteiger partial charge in [0.15, 0.2) is 0 Å². The van der Waals surface area contributed by atoms with Crippen LogP contribution in [0.5, 0.6) is 5.75 Å². The van der Waals surface area contributed by atoms with E-state index >= 15 is 0 Å². The zero-order chi connectivity index (χ0) is 14.0. The van der Waals surface area contributed by atoms with Crippen molar-refractivity contribution in [3.8, 4) is 16.9 Å². The lowest BCUT2D eigenvalue weighted by molar-refractivity contribution is 0.0697. The van der Waals surface area contributed by atoms with Gasteiger partial charge in [-0.2, -0.15) is 0 Å². The fourth-order valence-electron chi connectivity index (χ4n) is 1.82. The van der Waals surface area contributed by atoms with Crippen LogP contribution in [-0.4, -0.2) is 18.2 Å². The van der Waals surface area contributed by atoms with Gasteiger partial charge >= 0.3 is 5.97 Å². The summed E-state index contributed by atoms with van der Waals surface area (Å²) in [6.45, 7) is 0. The van der Waals surface area contributed by atoms with Gasteiger partial charge in [-0.3, -0.25) is 0 Å². The third kappa shape index (κ3) is 2.69. The molecule has 19 heavy (non-hydrogen) atoms. The minimum absolute atomic E-state index is 0.138. The molecule has 0 aliphatic heterocycles. The number of halogens is 2. The molecule has 0 atom stereocenters. The monoisotopic (exact) mass is 280 g/mol. The van der Waals surface area contributed by atoms with Gasteiger partial charge in [-0.05, 0) is 30.3 Å². The van der Waals surface area contributed by atoms with E-state index in [0.29, 0.717) is 21.9 Å². The molecule has 0 aromatic heterocycles. The summed E-state index contributed by atoms with van der Waals surface area (Å²) in [4.78, 5) is 11.2. The van der Waals surface area contributed by atoms with E-state index in [1.54, 1.807) is 18.2 Å². The molecule has 0 amide bonds. The van der Waals surface area contributed by atoms with Gasteiger partial charge < -0.3 is 9.84 Å². The normalized spacial score (nSPS) is 10.3. The molecule has 1 N–H and O–H groups in total. The van der Waals surface area contributed by atoms with Gasteiger partial charge in [-0.15, -0.1) is 0 Å². The number of rotatable bonds is 3. The minimum atomic E-state index is -1.21. The first-order valence-electron chi connectivity index (χ1n) is 5.39. The molecule has 0 spiro atoms. The van der Waals surface area contributed by atoms with Crippen LogP contribution in [0.4, 0.5) is 4.39 Å². The molecule has 0 saturated carbocycles. The lowest BCUT2D eigenvalue weighted by atomic mass is 9.98. The molecule has 0 heterocycles. The Balaban J connectivity index is 2.71. The predicted octanol–water partition coefficient (Wildman–Crippen LogP) is 3.85. The summed E-state index contributed by atoms with van der Waals surface area (Å²) in [6.07, 6.45) is 0. The molecule has 98 valence electrons. The van der Waals surface area contributed by atoms with Gasteiger partial charge in [-0.1, -0.05) is 17.7 Å². The topological polar surface area (TPSA) is 46.5 Å². The Morgan fingerprint density at radius 2 is 1.95 bits per heavy atom. The smallest absolute Gasteiger partial charge is 0.336 e. The number of aromatic carboxylic acids is 1. The molecule has 0 aliphatic carbocycles. The number of methoxy groups -OCH3 is 1. The molecule has 0 bridgehead atoms. The first kappa shape index (κ1) is 13.4. The van der Waals surface area contributed by atoms with Gasteiger partial charge in [0.2, 0.25) is 0 Å². The molecule has 5 heteroatoms. The predicted molar refractivity (Wildman–Crippen MR) is 70.4 cm³/mol. The van der Waals surface area contributed by atoms with Crippen molar-refractivity contribution in [3.05, 3.63) is 52.8 Å². The highest BCUT2D eigenvalue weighted by Crippen LogP contribution is 2.34. The second-order valence-electron chi connectivity index (χ2n) is 3.84. The highest BCUT2D eigenvalue weighted by molar-refractivity contribution is 6.31. The summed E-state index contributed by atoms with van der Waals surface area (Å²) in [5, 5.41) is 9.59. The van der Waals surface area contributed by atoms with Gasteiger partial charge in [-0.25, -0.2) is 9.18 Å². The highest BCUT2D eigenvalue weighted by Gasteiger charge is 2.16. The Bertz CT molecular complexity index is 641. The SMILES string of the molecule is COc1ccc(Cl)cc1-c1ccc(F)cc1C(=O)O. The van der Waals surface area contributed by atoms with E-state index in [2.05, 4.69) is 0 Å². The Labute approximate surface area is 114 Å². The van der Waals surface area contributed by atoms with Crippen LogP contribution in [0.2, 0.25) is 5.02 Å². The Morgan fingerprint density at radius 1 is 1.21 bits per heavy atom. The maximum Gasteiger partial charge on any atom is 0.336 e. The third-order valence-corrected chi connectivity index (χ3v) is 2.90. The summed E-state index contributed by atoms with van der Waals surface area (Å²) >= 11 is 5.91. The Morgan fingerprint density at radius 3 is 2.58 bits per heavy atom. The number of carboxylic acid groups (broad SMARTS) is 1. The molecule has 2 aromatic carbocycles. The van der Waals surface area contributed by atoms with Crippen LogP contribution in [0.3, 0.4) is 0 Å². The summed E-state index contributed by atoms with van der Waals surface area (Å²) < 4.78 is 18.3. The minimum Gasteiger partial charge on any atom is -0.496 e. The quantitative estimate of drug-likeness (QED) is 0.929. The number of benzene rings is 2. The number of carboxylic acids is 1. The molecule has 3 nitrogen and oxygen atoms in total. The number of hydrogen-bond donors (Lipinski definition) is 1. The molecular weight excluding hydrogens is 271 g/mol. The average Bonchev–Trinajstić information content (AvgIpc) is 2.38. The molecule has 0 radical (unpaired) electrons. The molecular formula is C14H10ClFO3. The van der Waals surface area contributed by atoms with Crippen LogP contribution in [0.25, 0.3) is 11.1 Å². The lowest BCUT2D eigenvalue weighted by Gasteiger charge is -2.11. The van der Waals surface area contributed by atoms with Crippen molar-refractivity contribution in [2.75, 3.05) is 7.11 Å². The Kier molecular flexibility index (Phi) is 3.71. The highest BCUT2D eigenvalue weighted by atomic mass is 35.5. The second-order valence-corrected chi connectivity index (χ2v) is 4.28. The van der Waals surface area contributed by atoms with Crippen molar-refractivity contribution in [2.45, 2.75) is 0 Å². The largest absolute Gasteiger partial charge is 0.496 e. The van der Waals surface area contributed by atoms with Gasteiger partial charge in [0.1, 0.15) is 11.6 Å². The van der Waals surface area contributed by atoms with Crippen molar-refractivity contribution in [2.24, 2.45) is 0 Å². The van der Waals surface area contributed by atoms with Crippen LogP contribution < -0.4 is 4.74 Å². The number of carbonyl (C=O) groups is 1. The summed E-state index contributed by atoms with van der Waals surface area (Å²) in [5.41, 5.74) is 0.723. The van der Waals surface area contributed by atoms with Crippen LogP contribution in [-0.2, 0) is 0 Å². The van der Waals surface area contributed by atoms with Crippen LogP contribution >= 0.6 is 11.6 Å². The van der Waals surface area contributed by atoms with Gasteiger partial charge in [0.05, 0.1) is 12.7 Å². The average molecular weight is 281 g/mol. The third-order valence-electron chi connectivity index (χ3n) is 2.66. The summed E-state index contributed by atoms with van der Waals surface area (Å²) in [5.74, 6) is -1.35. The molecule has 2 rings (SSSR count). The molecule has 0 fully saturated rings. The van der Waals surface area contributed by atoms with Crippen LogP contribution in [0.1, 0.15) is 10.4 Å². The van der Waals surface area contributed by atoms with Crippen molar-refractivity contribution in [1.82, 2.24) is 0 Å². The van der Waals surface area contributed by atoms with Crippen molar-refractivity contribution in [3.63, 3.8) is 0 Å². The fraction of sp³-hybridized carbons (Fsp3) is 0.0714. The maximum absolute atomic E-state index is 13.2. The van der Waals surface area contributed by atoms with Crippen LogP contribution in [0.15, 0.2) is 36.4 Å². The molecule has 0 saturated heterocycles. The zero-order valence-corrected chi connectivity index (χ0v) is 10.7. The first-order valence-corrected chi connectivity index (χ1v) is 5.77. The van der Waals surface area contributed by atoms with E-state index in [0.717, 1.165) is 6.07 Å². The number of ether oxygens (including phenoxy) is 1. The van der Waals surface area contributed by atoms with Crippen molar-refractivity contribution in [1.29, 1.82) is 0 Å². The van der Waals surface area contributed by atoms with Crippen molar-refractivity contribution >= 4 is 17.6 Å². The van der Waals surface area contributed by atoms with E-state index in [-0.39, 0.29) is 5.56 Å². The van der Waals surface area contributed by atoms with E-state index in [9.17, 15) is 9.18 Å². The maximum atomic E-state index is 13.2. The standard InChI is InChI=1S/C14H10ClFO3/c1-19-13-5-2-8(15)6-11(13)10-4-3-9(16)7-12(10)14(17)18/h2-7H,1H3,(H,17,18). The van der Waals surface area contributed by atoms with E-state index in [1.165, 1.54) is 19.2 Å². The second kappa shape index (κ2) is 5.28. The molecule has 2 aromatic rings. The van der Waals surface area contributed by atoms with Gasteiger partial charge in [0, 0.05) is 16.1 Å². The van der Waals surface area contributed by atoms with E-state index in [1.807, 2.05) is 0 Å². The summed E-state index contributed by atoms with van der Waals surface area (Å²) in [7, 11) is 1.47. The molecule has 0 unspecified atom stereocenters. The number of hydrogen-bond acceptors (Lipinski definition) is 2. The van der Waals surface area contributed by atoms with Gasteiger partial charge in [0.25, 0.3) is 0 Å².